The van der Waals surface area contributed by atoms with Crippen LogP contribution in [-0.4, -0.2) is 78.3 Å². The molecule has 2 saturated heterocycles. The number of rotatable bonds is 5. The highest BCUT2D eigenvalue weighted by atomic mass is 16.6. The van der Waals surface area contributed by atoms with Crippen molar-refractivity contribution in [3.05, 3.63) is 27.8 Å². The van der Waals surface area contributed by atoms with Crippen molar-refractivity contribution < 1.29 is 19.2 Å². The van der Waals surface area contributed by atoms with Gasteiger partial charge in [-0.25, -0.2) is 4.79 Å². The number of anilines is 1. The lowest BCUT2D eigenvalue weighted by Crippen LogP contribution is -2.55. The van der Waals surface area contributed by atoms with Gasteiger partial charge in [-0.15, -0.1) is 0 Å². The zero-order valence-electron chi connectivity index (χ0n) is 19.9. The van der Waals surface area contributed by atoms with Crippen LogP contribution in [0.3, 0.4) is 0 Å². The Bertz CT molecular complexity index is 822. The molecule has 0 bridgehead atoms. The van der Waals surface area contributed by atoms with Gasteiger partial charge in [-0.1, -0.05) is 0 Å². The predicted molar refractivity (Wildman–Crippen MR) is 124 cm³/mol. The monoisotopic (exact) mass is 448 g/mol. The maximum Gasteiger partial charge on any atom is 0.410 e. The molecule has 1 aromatic rings. The van der Waals surface area contributed by atoms with Gasteiger partial charge in [-0.3, -0.25) is 15.0 Å². The van der Waals surface area contributed by atoms with E-state index in [-0.39, 0.29) is 16.7 Å². The molecule has 0 saturated carbocycles. The molecule has 9 nitrogen and oxygen atoms in total. The first-order valence-electron chi connectivity index (χ1n) is 11.5. The zero-order valence-corrected chi connectivity index (χ0v) is 19.9. The molecule has 2 aliphatic rings. The summed E-state index contributed by atoms with van der Waals surface area (Å²) in [5.41, 5.74) is 1.45. The second-order valence-corrected chi connectivity index (χ2v) is 9.52. The van der Waals surface area contributed by atoms with Gasteiger partial charge >= 0.3 is 11.8 Å². The fourth-order valence-electron chi connectivity index (χ4n) is 4.48. The second kappa shape index (κ2) is 9.94. The van der Waals surface area contributed by atoms with Crippen LogP contribution in [0.25, 0.3) is 0 Å². The lowest BCUT2D eigenvalue weighted by molar-refractivity contribution is -0.385. The fourth-order valence-corrected chi connectivity index (χ4v) is 4.48. The smallest absolute Gasteiger partial charge is 0.410 e. The van der Waals surface area contributed by atoms with Gasteiger partial charge in [0.1, 0.15) is 5.60 Å². The van der Waals surface area contributed by atoms with Crippen molar-refractivity contribution in [2.45, 2.75) is 59.1 Å². The Balaban J connectivity index is 1.56. The number of benzene rings is 1. The molecule has 3 rings (SSSR count). The van der Waals surface area contributed by atoms with Crippen molar-refractivity contribution in [1.29, 1.82) is 0 Å². The highest BCUT2D eigenvalue weighted by Crippen LogP contribution is 2.36. The summed E-state index contributed by atoms with van der Waals surface area (Å²) in [6.45, 7) is 14.7. The molecule has 0 N–H and O–H groups in total. The van der Waals surface area contributed by atoms with Crippen molar-refractivity contribution in [3.63, 3.8) is 0 Å². The van der Waals surface area contributed by atoms with E-state index in [0.717, 1.165) is 50.3 Å². The highest BCUT2D eigenvalue weighted by Gasteiger charge is 2.31. The number of carbonyl (C=O) groups excluding carboxylic acids is 1. The van der Waals surface area contributed by atoms with Crippen LogP contribution in [0, 0.1) is 17.0 Å². The number of nitrogens with zero attached hydrogens (tertiary/aromatic N) is 4. The van der Waals surface area contributed by atoms with E-state index >= 15 is 0 Å². The molecule has 2 heterocycles. The van der Waals surface area contributed by atoms with Crippen LogP contribution in [0.1, 0.15) is 46.1 Å². The van der Waals surface area contributed by atoms with Crippen molar-refractivity contribution in [2.24, 2.45) is 0 Å². The van der Waals surface area contributed by atoms with Crippen molar-refractivity contribution >= 4 is 17.5 Å². The number of nitro benzene ring substituents is 1. The molecule has 1 amide bonds. The summed E-state index contributed by atoms with van der Waals surface area (Å²) >= 11 is 0. The van der Waals surface area contributed by atoms with Crippen LogP contribution < -0.4 is 9.64 Å². The number of ether oxygens (including phenoxy) is 2. The predicted octanol–water partition coefficient (Wildman–Crippen LogP) is 3.82. The molecule has 2 aliphatic heterocycles. The van der Waals surface area contributed by atoms with Gasteiger partial charge < -0.3 is 19.3 Å². The third-order valence-corrected chi connectivity index (χ3v) is 6.06. The van der Waals surface area contributed by atoms with Crippen LogP contribution >= 0.6 is 0 Å². The van der Waals surface area contributed by atoms with Crippen LogP contribution in [0.15, 0.2) is 12.1 Å². The molecule has 1 aromatic carbocycles. The van der Waals surface area contributed by atoms with Crippen LogP contribution in [-0.2, 0) is 4.74 Å². The Labute approximate surface area is 190 Å². The quantitative estimate of drug-likeness (QED) is 0.500. The van der Waals surface area contributed by atoms with Crippen LogP contribution in [0.2, 0.25) is 0 Å². The summed E-state index contributed by atoms with van der Waals surface area (Å²) in [5.74, 6) is 0.332. The van der Waals surface area contributed by atoms with E-state index in [4.69, 9.17) is 9.47 Å². The number of piperidine rings is 1. The lowest BCUT2D eigenvalue weighted by atomic mass is 10.0. The second-order valence-electron chi connectivity index (χ2n) is 9.52. The van der Waals surface area contributed by atoms with E-state index in [1.165, 1.54) is 0 Å². The first-order valence-corrected chi connectivity index (χ1v) is 11.5. The molecule has 2 fully saturated rings. The van der Waals surface area contributed by atoms with Gasteiger partial charge in [-0.05, 0) is 53.0 Å². The average molecular weight is 449 g/mol. The number of nitro groups is 1. The summed E-state index contributed by atoms with van der Waals surface area (Å²) in [6.07, 6.45) is 1.81. The van der Waals surface area contributed by atoms with Gasteiger partial charge in [0.25, 0.3) is 0 Å². The van der Waals surface area contributed by atoms with E-state index in [9.17, 15) is 14.9 Å². The van der Waals surface area contributed by atoms with Crippen molar-refractivity contribution in [2.75, 3.05) is 50.8 Å². The van der Waals surface area contributed by atoms with E-state index in [2.05, 4.69) is 9.80 Å². The first-order chi connectivity index (χ1) is 15.1. The molecule has 0 spiro atoms. The van der Waals surface area contributed by atoms with E-state index in [1.54, 1.807) is 11.0 Å². The molecule has 0 radical (unpaired) electrons. The third-order valence-electron chi connectivity index (χ3n) is 6.06. The van der Waals surface area contributed by atoms with Crippen molar-refractivity contribution in [3.8, 4) is 5.75 Å². The minimum atomic E-state index is -0.473. The maximum atomic E-state index is 12.3. The topological polar surface area (TPSA) is 88.4 Å². The first kappa shape index (κ1) is 24.1. The molecule has 0 unspecified atom stereocenters. The molecule has 0 atom stereocenters. The van der Waals surface area contributed by atoms with Gasteiger partial charge in [0.15, 0.2) is 5.75 Å². The summed E-state index contributed by atoms with van der Waals surface area (Å²) in [7, 11) is 0. The number of carbonyl (C=O) groups is 1. The van der Waals surface area contributed by atoms with Crippen LogP contribution in [0.5, 0.6) is 5.75 Å². The molecule has 9 heteroatoms. The summed E-state index contributed by atoms with van der Waals surface area (Å²) in [5, 5.41) is 11.4. The number of hydrogen-bond donors (Lipinski definition) is 0. The number of piperazine rings is 1. The van der Waals surface area contributed by atoms with E-state index in [0.29, 0.717) is 31.5 Å². The maximum absolute atomic E-state index is 12.3. The summed E-state index contributed by atoms with van der Waals surface area (Å²) < 4.78 is 11.0. The largest absolute Gasteiger partial charge is 0.487 e. The van der Waals surface area contributed by atoms with Gasteiger partial charge in [0, 0.05) is 63.1 Å². The van der Waals surface area contributed by atoms with Crippen molar-refractivity contribution in [1.82, 2.24) is 9.80 Å². The van der Waals surface area contributed by atoms with Gasteiger partial charge in [-0.2, -0.15) is 0 Å². The van der Waals surface area contributed by atoms with E-state index in [1.807, 2.05) is 40.7 Å². The Hall–Kier alpha value is -2.55. The highest BCUT2D eigenvalue weighted by molar-refractivity contribution is 5.68. The molecule has 32 heavy (non-hydrogen) atoms. The average Bonchev–Trinajstić information content (AvgIpc) is 2.74. The molecule has 0 aliphatic carbocycles. The Morgan fingerprint density at radius 2 is 1.75 bits per heavy atom. The zero-order chi connectivity index (χ0) is 23.5. The SMILES string of the molecule is CCOc1cc(N2CCC(N3CCN(C(=O)OC(C)(C)C)CC3)CC2)c(C)cc1[N+](=O)[O-]. The van der Waals surface area contributed by atoms with E-state index < -0.39 is 5.60 Å². The van der Waals surface area contributed by atoms with Crippen LogP contribution in [0.4, 0.5) is 16.2 Å². The van der Waals surface area contributed by atoms with Gasteiger partial charge in [0.05, 0.1) is 11.5 Å². The molecular formula is C23H36N4O5. The Morgan fingerprint density at radius 1 is 1.12 bits per heavy atom. The standard InChI is InChI=1S/C23H36N4O5/c1-6-31-21-16-19(17(2)15-20(21)27(29)30)25-9-7-18(8-10-25)24-11-13-26(14-12-24)22(28)32-23(3,4)5/h15-16,18H,6-14H2,1-5H3. The third kappa shape index (κ3) is 5.82. The normalized spacial score (nSPS) is 18.5. The molecule has 178 valence electrons. The minimum Gasteiger partial charge on any atom is -0.487 e. The number of amides is 1. The lowest BCUT2D eigenvalue weighted by Gasteiger charge is -2.43. The minimum absolute atomic E-state index is 0.0193. The Morgan fingerprint density at radius 3 is 2.28 bits per heavy atom. The fraction of sp³-hybridized carbons (Fsp3) is 0.696. The summed E-state index contributed by atoms with van der Waals surface area (Å²) in [6, 6.07) is 3.91. The number of aryl methyl sites for hydroxylation is 1. The molecular weight excluding hydrogens is 412 g/mol. The van der Waals surface area contributed by atoms with Gasteiger partial charge in [0.2, 0.25) is 0 Å². The summed E-state index contributed by atoms with van der Waals surface area (Å²) in [4.78, 5) is 29.8. The number of hydrogen-bond acceptors (Lipinski definition) is 7. The Kier molecular flexibility index (Phi) is 7.48. The molecule has 0 aromatic heterocycles.